The molecule has 0 aliphatic carbocycles. The lowest BCUT2D eigenvalue weighted by Crippen LogP contribution is -2.60. The summed E-state index contributed by atoms with van der Waals surface area (Å²) in [7, 11) is 0. The van der Waals surface area contributed by atoms with Gasteiger partial charge >= 0.3 is 0 Å². The van der Waals surface area contributed by atoms with E-state index in [0.29, 0.717) is 25.0 Å². The lowest BCUT2D eigenvalue weighted by Gasteiger charge is -2.41. The van der Waals surface area contributed by atoms with Crippen LogP contribution in [0, 0.1) is 0 Å². The van der Waals surface area contributed by atoms with Crippen molar-refractivity contribution in [2.75, 3.05) is 13.2 Å². The van der Waals surface area contributed by atoms with Crippen LogP contribution in [-0.2, 0) is 19.0 Å². The second-order valence-electron chi connectivity index (χ2n) is 14.7. The molecule has 1 aliphatic rings. The van der Waals surface area contributed by atoms with Gasteiger partial charge in [0.1, 0.15) is 30.2 Å². The molecule has 0 bridgehead atoms. The van der Waals surface area contributed by atoms with Crippen LogP contribution in [0.4, 0.5) is 0 Å². The van der Waals surface area contributed by atoms with Gasteiger partial charge in [-0.25, -0.2) is 0 Å². The van der Waals surface area contributed by atoms with E-state index in [1.807, 2.05) is 13.8 Å². The van der Waals surface area contributed by atoms with Crippen LogP contribution in [0.15, 0.2) is 0 Å². The minimum atomic E-state index is -1.46. The Morgan fingerprint density at radius 2 is 1.24 bits per heavy atom. The molecular formula is C38H76N2O9. The van der Waals surface area contributed by atoms with Crippen molar-refractivity contribution < 1.29 is 44.5 Å². The fourth-order valence-electron chi connectivity index (χ4n) is 6.40. The molecule has 0 amide bonds. The zero-order valence-electron chi connectivity index (χ0n) is 31.3. The molecule has 1 aliphatic heterocycles. The molecule has 9 N–H and O–H groups in total. The maximum absolute atomic E-state index is 12.7. The number of hydrogen-bond acceptors (Lipinski definition) is 11. The largest absolute Gasteiger partial charge is 0.394 e. The topological polar surface area (TPSA) is 198 Å². The van der Waals surface area contributed by atoms with E-state index in [1.165, 1.54) is 38.5 Å². The van der Waals surface area contributed by atoms with Gasteiger partial charge in [0.2, 0.25) is 0 Å². The smallest absolute Gasteiger partial charge is 0.187 e. The highest BCUT2D eigenvalue weighted by Crippen LogP contribution is 2.25. The van der Waals surface area contributed by atoms with E-state index >= 15 is 0 Å². The summed E-state index contributed by atoms with van der Waals surface area (Å²) >= 11 is 0. The molecule has 0 saturated carbocycles. The second-order valence-corrected chi connectivity index (χ2v) is 14.7. The SMILES string of the molecule is CCCCO[C@@H](CCCCCCCCCCCC[C@@H](O[C@H]1O[C@H](CO)[C@@H](O)[C@H](O)[C@H]1O)[C@@H](C)N)CC(=O)CCCCCCC[C@@H](O)[C@@H](C)N. The third-order valence-electron chi connectivity index (χ3n) is 9.88. The number of nitrogens with two attached hydrogens (primary N) is 2. The van der Waals surface area contributed by atoms with E-state index in [0.717, 1.165) is 90.1 Å². The molecule has 0 aromatic rings. The van der Waals surface area contributed by atoms with Crippen LogP contribution < -0.4 is 11.5 Å². The molecule has 49 heavy (non-hydrogen) atoms. The Balaban J connectivity index is 2.14. The van der Waals surface area contributed by atoms with Crippen LogP contribution in [-0.4, -0.2) is 106 Å². The van der Waals surface area contributed by atoms with Gasteiger partial charge in [-0.15, -0.1) is 0 Å². The molecule has 1 fully saturated rings. The minimum absolute atomic E-state index is 0.0447. The van der Waals surface area contributed by atoms with E-state index in [-0.39, 0.29) is 24.3 Å². The van der Waals surface area contributed by atoms with Crippen molar-refractivity contribution in [2.24, 2.45) is 11.5 Å². The van der Waals surface area contributed by atoms with Crippen molar-refractivity contribution in [3.63, 3.8) is 0 Å². The van der Waals surface area contributed by atoms with Crippen LogP contribution in [0.3, 0.4) is 0 Å². The first-order valence-electron chi connectivity index (χ1n) is 19.8. The Labute approximate surface area is 297 Å². The van der Waals surface area contributed by atoms with E-state index < -0.39 is 43.4 Å². The second kappa shape index (κ2) is 28.8. The number of Topliss-reactive ketones (excluding diaryl/α,β-unsaturated/α-hetero) is 1. The standard InChI is InChI=1S/C38H76N2O9/c1-4-5-25-47-31(26-30(42)21-17-13-12-15-19-23-32(43)28(2)39)22-18-14-10-8-6-7-9-11-16-20-24-33(29(3)40)48-38-37(46)36(45)35(44)34(27-41)49-38/h28-29,31-38,41,43-46H,4-27,39-40H2,1-3H3/t28-,29-,31+,32-,33-,34-,35-,36+,37-,38+/m1/s1. The molecule has 1 rings (SSSR count). The number of ketones is 1. The summed E-state index contributed by atoms with van der Waals surface area (Å²) in [5, 5.41) is 49.5. The molecule has 292 valence electrons. The quantitative estimate of drug-likeness (QED) is 0.0476. The first-order valence-corrected chi connectivity index (χ1v) is 19.8. The summed E-state index contributed by atoms with van der Waals surface area (Å²) in [6.45, 7) is 6.07. The number of ether oxygens (including phenoxy) is 3. The van der Waals surface area contributed by atoms with Gasteiger partial charge in [-0.1, -0.05) is 103 Å². The Morgan fingerprint density at radius 1 is 0.714 bits per heavy atom. The molecule has 0 radical (unpaired) electrons. The van der Waals surface area contributed by atoms with Crippen molar-refractivity contribution in [2.45, 2.75) is 223 Å². The van der Waals surface area contributed by atoms with E-state index in [2.05, 4.69) is 6.92 Å². The molecule has 10 atom stereocenters. The van der Waals surface area contributed by atoms with Gasteiger partial charge in [-0.05, 0) is 46.0 Å². The van der Waals surface area contributed by atoms with Crippen LogP contribution in [0.5, 0.6) is 0 Å². The van der Waals surface area contributed by atoms with Crippen LogP contribution >= 0.6 is 0 Å². The fraction of sp³-hybridized carbons (Fsp3) is 0.974. The Kier molecular flexibility index (Phi) is 27.2. The van der Waals surface area contributed by atoms with E-state index in [1.54, 1.807) is 0 Å². The summed E-state index contributed by atoms with van der Waals surface area (Å²) in [4.78, 5) is 12.7. The first kappa shape index (κ1) is 46.3. The van der Waals surface area contributed by atoms with Crippen molar-refractivity contribution in [1.29, 1.82) is 0 Å². The lowest BCUT2D eigenvalue weighted by atomic mass is 9.98. The van der Waals surface area contributed by atoms with Crippen LogP contribution in [0.2, 0.25) is 0 Å². The Morgan fingerprint density at radius 3 is 1.78 bits per heavy atom. The first-order chi connectivity index (χ1) is 23.5. The zero-order valence-corrected chi connectivity index (χ0v) is 31.3. The van der Waals surface area contributed by atoms with Gasteiger partial charge in [0, 0.05) is 31.5 Å². The summed E-state index contributed by atoms with van der Waals surface area (Å²) in [6, 6.07) is -0.474. The summed E-state index contributed by atoms with van der Waals surface area (Å²) in [5.74, 6) is 0.322. The van der Waals surface area contributed by atoms with Crippen molar-refractivity contribution in [1.82, 2.24) is 0 Å². The van der Waals surface area contributed by atoms with Gasteiger partial charge in [-0.3, -0.25) is 4.79 Å². The highest BCUT2D eigenvalue weighted by molar-refractivity contribution is 5.78. The number of aliphatic hydroxyl groups excluding tert-OH is 5. The number of unbranched alkanes of at least 4 members (excludes halogenated alkanes) is 14. The zero-order chi connectivity index (χ0) is 36.4. The van der Waals surface area contributed by atoms with Gasteiger partial charge in [-0.2, -0.15) is 0 Å². The van der Waals surface area contributed by atoms with Gasteiger partial charge in [0.15, 0.2) is 6.29 Å². The summed E-state index contributed by atoms with van der Waals surface area (Å²) in [6.07, 6.45) is 15.1. The summed E-state index contributed by atoms with van der Waals surface area (Å²) < 4.78 is 17.5. The number of carbonyl (C=O) groups is 1. The van der Waals surface area contributed by atoms with Crippen molar-refractivity contribution in [3.8, 4) is 0 Å². The van der Waals surface area contributed by atoms with Gasteiger partial charge < -0.3 is 51.2 Å². The molecule has 11 nitrogen and oxygen atoms in total. The fourth-order valence-corrected chi connectivity index (χ4v) is 6.40. The highest BCUT2D eigenvalue weighted by Gasteiger charge is 2.45. The molecule has 0 aromatic carbocycles. The van der Waals surface area contributed by atoms with Crippen LogP contribution in [0.1, 0.15) is 162 Å². The van der Waals surface area contributed by atoms with Crippen molar-refractivity contribution in [3.05, 3.63) is 0 Å². The number of aliphatic hydroxyl groups is 5. The number of hydrogen-bond donors (Lipinski definition) is 7. The molecule has 1 heterocycles. The number of rotatable bonds is 32. The predicted molar refractivity (Wildman–Crippen MR) is 194 cm³/mol. The lowest BCUT2D eigenvalue weighted by molar-refractivity contribution is -0.312. The molecule has 11 heteroatoms. The van der Waals surface area contributed by atoms with Crippen molar-refractivity contribution >= 4 is 5.78 Å². The maximum Gasteiger partial charge on any atom is 0.187 e. The molecule has 0 spiro atoms. The Bertz CT molecular complexity index is 788. The minimum Gasteiger partial charge on any atom is -0.394 e. The number of carbonyl (C=O) groups excluding carboxylic acids is 1. The van der Waals surface area contributed by atoms with Gasteiger partial charge in [0.25, 0.3) is 0 Å². The van der Waals surface area contributed by atoms with Crippen LogP contribution in [0.25, 0.3) is 0 Å². The average Bonchev–Trinajstić information content (AvgIpc) is 3.07. The summed E-state index contributed by atoms with van der Waals surface area (Å²) in [5.41, 5.74) is 11.8. The molecule has 0 unspecified atom stereocenters. The average molecular weight is 705 g/mol. The van der Waals surface area contributed by atoms with E-state index in [9.17, 15) is 30.3 Å². The Hall–Kier alpha value is -0.730. The highest BCUT2D eigenvalue weighted by atomic mass is 16.7. The maximum atomic E-state index is 12.7. The normalized spacial score (nSPS) is 24.4. The predicted octanol–water partition coefficient (Wildman–Crippen LogP) is 4.78. The third-order valence-corrected chi connectivity index (χ3v) is 9.88. The molecule has 0 aromatic heterocycles. The monoisotopic (exact) mass is 705 g/mol. The molecular weight excluding hydrogens is 628 g/mol. The van der Waals surface area contributed by atoms with E-state index in [4.69, 9.17) is 25.7 Å². The third kappa shape index (κ3) is 21.4. The molecule has 1 saturated heterocycles. The van der Waals surface area contributed by atoms with Gasteiger partial charge in [0.05, 0.1) is 24.9 Å².